The van der Waals surface area contributed by atoms with Crippen molar-refractivity contribution in [3.63, 3.8) is 0 Å². The highest BCUT2D eigenvalue weighted by molar-refractivity contribution is 5.66. The first-order valence-electron chi connectivity index (χ1n) is 14.5. The minimum atomic E-state index is -0.115. The van der Waals surface area contributed by atoms with E-state index in [4.69, 9.17) is 4.74 Å². The number of esters is 1. The van der Waals surface area contributed by atoms with Gasteiger partial charge in [0.25, 0.3) is 0 Å². The normalized spacial score (nSPS) is 42.1. The first-order chi connectivity index (χ1) is 15.6. The van der Waals surface area contributed by atoms with Gasteiger partial charge in [0.15, 0.2) is 0 Å². The number of ether oxygens (including phenoxy) is 1. The summed E-state index contributed by atoms with van der Waals surface area (Å²) in [5.41, 5.74) is 2.51. The molecule has 2 heteroatoms. The van der Waals surface area contributed by atoms with Crippen molar-refractivity contribution in [3.05, 3.63) is 11.6 Å². The highest BCUT2D eigenvalue weighted by Gasteiger charge is 2.59. The number of carbonyl (C=O) groups excluding carboxylic acids is 1. The summed E-state index contributed by atoms with van der Waals surface area (Å²) in [6, 6.07) is 0. The van der Waals surface area contributed by atoms with Crippen LogP contribution < -0.4 is 0 Å². The molecular weight excluding hydrogens is 404 g/mol. The first kappa shape index (κ1) is 25.3. The Bertz CT molecular complexity index is 737. The smallest absolute Gasteiger partial charge is 0.302 e. The third-order valence-corrected chi connectivity index (χ3v) is 11.6. The van der Waals surface area contributed by atoms with Crippen LogP contribution in [0.4, 0.5) is 0 Å². The molecule has 0 spiro atoms. The zero-order valence-electron chi connectivity index (χ0n) is 22.8. The predicted molar refractivity (Wildman–Crippen MR) is 138 cm³/mol. The summed E-state index contributed by atoms with van der Waals surface area (Å²) in [6.07, 6.45) is 17.2. The Hall–Kier alpha value is -0.790. The average molecular weight is 457 g/mol. The Morgan fingerprint density at radius 3 is 2.48 bits per heavy atom. The molecule has 4 unspecified atom stereocenters. The fourth-order valence-corrected chi connectivity index (χ4v) is 9.63. The zero-order chi connectivity index (χ0) is 24.0. The number of hydrogen-bond acceptors (Lipinski definition) is 2. The highest BCUT2D eigenvalue weighted by Crippen LogP contribution is 2.67. The van der Waals surface area contributed by atoms with E-state index in [1.54, 1.807) is 12.5 Å². The number of hydrogen-bond donors (Lipinski definition) is 0. The van der Waals surface area contributed by atoms with Crippen LogP contribution in [0.15, 0.2) is 11.6 Å². The molecule has 188 valence electrons. The molecule has 0 aromatic carbocycles. The van der Waals surface area contributed by atoms with Gasteiger partial charge in [-0.3, -0.25) is 4.79 Å². The summed E-state index contributed by atoms with van der Waals surface area (Å²) in [5, 5.41) is 0. The zero-order valence-corrected chi connectivity index (χ0v) is 22.8. The second-order valence-corrected chi connectivity index (χ2v) is 13.4. The van der Waals surface area contributed by atoms with Crippen molar-refractivity contribution in [2.75, 3.05) is 0 Å². The molecule has 4 aliphatic rings. The lowest BCUT2D eigenvalue weighted by Crippen LogP contribution is -2.51. The molecule has 0 aromatic rings. The van der Waals surface area contributed by atoms with E-state index in [1.165, 1.54) is 57.8 Å². The lowest BCUT2D eigenvalue weighted by Gasteiger charge is -2.58. The van der Waals surface area contributed by atoms with E-state index in [1.807, 2.05) is 0 Å². The summed E-state index contributed by atoms with van der Waals surface area (Å²) >= 11 is 0. The van der Waals surface area contributed by atoms with Crippen LogP contribution in [-0.2, 0) is 9.53 Å². The first-order valence-corrected chi connectivity index (χ1v) is 14.5. The lowest BCUT2D eigenvalue weighted by atomic mass is 9.47. The van der Waals surface area contributed by atoms with Gasteiger partial charge in [-0.2, -0.15) is 0 Å². The Morgan fingerprint density at radius 1 is 1.06 bits per heavy atom. The molecule has 0 heterocycles. The fraction of sp³-hybridized carbons (Fsp3) is 0.903. The van der Waals surface area contributed by atoms with Crippen LogP contribution in [0.1, 0.15) is 119 Å². The van der Waals surface area contributed by atoms with E-state index in [0.717, 1.165) is 54.3 Å². The van der Waals surface area contributed by atoms with E-state index >= 15 is 0 Å². The van der Waals surface area contributed by atoms with Crippen LogP contribution in [0.3, 0.4) is 0 Å². The molecule has 3 fully saturated rings. The number of allylic oxidation sites excluding steroid dienone is 1. The molecule has 0 N–H and O–H groups in total. The fourth-order valence-electron chi connectivity index (χ4n) is 9.63. The molecule has 0 bridgehead atoms. The van der Waals surface area contributed by atoms with Gasteiger partial charge in [0, 0.05) is 13.3 Å². The van der Waals surface area contributed by atoms with E-state index in [9.17, 15) is 4.79 Å². The van der Waals surface area contributed by atoms with Crippen molar-refractivity contribution in [2.45, 2.75) is 125 Å². The van der Waals surface area contributed by atoms with Gasteiger partial charge >= 0.3 is 5.97 Å². The van der Waals surface area contributed by atoms with Crippen LogP contribution >= 0.6 is 0 Å². The van der Waals surface area contributed by atoms with Gasteiger partial charge < -0.3 is 4.74 Å². The van der Waals surface area contributed by atoms with Crippen LogP contribution in [0, 0.1) is 52.3 Å². The van der Waals surface area contributed by atoms with Gasteiger partial charge in [-0.25, -0.2) is 0 Å². The largest absolute Gasteiger partial charge is 0.462 e. The second-order valence-electron chi connectivity index (χ2n) is 13.4. The number of fused-ring (bicyclic) bond motifs is 5. The third-order valence-electron chi connectivity index (χ3n) is 11.6. The Kier molecular flexibility index (Phi) is 7.43. The molecule has 3 saturated carbocycles. The summed E-state index contributed by atoms with van der Waals surface area (Å²) in [4.78, 5) is 11.5. The van der Waals surface area contributed by atoms with Gasteiger partial charge in [-0.15, -0.1) is 0 Å². The molecule has 0 saturated heterocycles. The van der Waals surface area contributed by atoms with E-state index < -0.39 is 0 Å². The molecule has 0 amide bonds. The highest BCUT2D eigenvalue weighted by atomic mass is 16.5. The second kappa shape index (κ2) is 9.69. The molecule has 4 rings (SSSR count). The maximum atomic E-state index is 11.5. The maximum Gasteiger partial charge on any atom is 0.302 e. The minimum absolute atomic E-state index is 0.113. The molecule has 9 atom stereocenters. The summed E-state index contributed by atoms with van der Waals surface area (Å²) < 4.78 is 5.63. The lowest BCUT2D eigenvalue weighted by molar-refractivity contribution is -0.148. The molecule has 0 radical (unpaired) electrons. The van der Waals surface area contributed by atoms with E-state index in [2.05, 4.69) is 47.6 Å². The van der Waals surface area contributed by atoms with Crippen LogP contribution in [0.25, 0.3) is 0 Å². The molecule has 33 heavy (non-hydrogen) atoms. The van der Waals surface area contributed by atoms with E-state index in [0.29, 0.717) is 10.8 Å². The molecule has 0 aromatic heterocycles. The van der Waals surface area contributed by atoms with Crippen molar-refractivity contribution in [2.24, 2.45) is 52.3 Å². The van der Waals surface area contributed by atoms with Gasteiger partial charge in [-0.1, -0.05) is 66.0 Å². The summed E-state index contributed by atoms with van der Waals surface area (Å²) in [5.74, 6) is 6.03. The van der Waals surface area contributed by atoms with Crippen LogP contribution in [0.5, 0.6) is 0 Å². The van der Waals surface area contributed by atoms with Crippen molar-refractivity contribution in [1.29, 1.82) is 0 Å². The summed E-state index contributed by atoms with van der Waals surface area (Å²) in [6.45, 7) is 16.6. The Balaban J connectivity index is 1.46. The van der Waals surface area contributed by atoms with Crippen molar-refractivity contribution < 1.29 is 9.53 Å². The standard InChI is InChI=1S/C31H52O2/c1-8-23(20(2)3)10-9-21(4)27-13-14-28-26-12-11-24-19-25(33-22(5)32)15-17-30(24,6)29(26)16-18-31(27,28)7/h11,20-21,23,25-29H,8-10,12-19H2,1-7H3/t21-,23-,25+,26?,27?,28?,29?,30+,31-/m1/s1. The SMILES string of the molecule is CC[C@H](CC[C@@H](C)C1CCC2C3CC=C4C[C@@H](OC(C)=O)CC[C@]4(C)C3CC[C@@]21C)C(C)C. The predicted octanol–water partition coefficient (Wildman–Crippen LogP) is 8.60. The molecule has 2 nitrogen and oxygen atoms in total. The molecule has 0 aliphatic heterocycles. The van der Waals surface area contributed by atoms with Crippen LogP contribution in [-0.4, -0.2) is 12.1 Å². The number of rotatable bonds is 7. The average Bonchev–Trinajstić information content (AvgIpc) is 3.11. The molecule has 4 aliphatic carbocycles. The quantitative estimate of drug-likeness (QED) is 0.283. The van der Waals surface area contributed by atoms with Crippen molar-refractivity contribution in [1.82, 2.24) is 0 Å². The molecular formula is C31H52O2. The van der Waals surface area contributed by atoms with Crippen LogP contribution in [0.2, 0.25) is 0 Å². The summed E-state index contributed by atoms with van der Waals surface area (Å²) in [7, 11) is 0. The van der Waals surface area contributed by atoms with Gasteiger partial charge in [0.1, 0.15) is 6.10 Å². The Labute approximate surface area is 204 Å². The number of carbonyl (C=O) groups is 1. The van der Waals surface area contributed by atoms with E-state index in [-0.39, 0.29) is 12.1 Å². The topological polar surface area (TPSA) is 26.3 Å². The van der Waals surface area contributed by atoms with Crippen molar-refractivity contribution in [3.8, 4) is 0 Å². The van der Waals surface area contributed by atoms with Gasteiger partial charge in [-0.05, 0) is 104 Å². The third kappa shape index (κ3) is 4.58. The monoisotopic (exact) mass is 456 g/mol. The maximum absolute atomic E-state index is 11.5. The van der Waals surface area contributed by atoms with Gasteiger partial charge in [0.05, 0.1) is 0 Å². The van der Waals surface area contributed by atoms with Gasteiger partial charge in [0.2, 0.25) is 0 Å². The minimum Gasteiger partial charge on any atom is -0.462 e. The van der Waals surface area contributed by atoms with Crippen molar-refractivity contribution >= 4 is 5.97 Å². The Morgan fingerprint density at radius 2 is 1.82 bits per heavy atom.